The van der Waals surface area contributed by atoms with E-state index in [1.807, 2.05) is 36.2 Å². The van der Waals surface area contributed by atoms with Crippen molar-refractivity contribution in [1.82, 2.24) is 9.97 Å². The molecular weight excluding hydrogens is 292 g/mol. The van der Waals surface area contributed by atoms with Crippen molar-refractivity contribution in [3.8, 4) is 6.07 Å². The number of anilines is 1. The number of hydrogen-bond acceptors (Lipinski definition) is 5. The predicted octanol–water partition coefficient (Wildman–Crippen LogP) is 3.56. The normalized spacial score (nSPS) is 15.8. The summed E-state index contributed by atoms with van der Waals surface area (Å²) >= 11 is 7.36. The van der Waals surface area contributed by atoms with Crippen LogP contribution in [0.3, 0.4) is 0 Å². The van der Waals surface area contributed by atoms with Crippen molar-refractivity contribution in [1.29, 1.82) is 5.26 Å². The van der Waals surface area contributed by atoms with Gasteiger partial charge in [0.05, 0.1) is 11.4 Å². The zero-order chi connectivity index (χ0) is 14.1. The molecule has 6 heteroatoms. The van der Waals surface area contributed by atoms with Crippen LogP contribution in [0.25, 0.3) is 5.57 Å². The molecular formula is C14H9ClN4S. The maximum atomic E-state index is 9.48. The van der Waals surface area contributed by atoms with E-state index in [1.54, 1.807) is 24.0 Å². The molecule has 0 bridgehead atoms. The molecule has 1 aromatic carbocycles. The van der Waals surface area contributed by atoms with Crippen molar-refractivity contribution in [2.45, 2.75) is 4.90 Å². The first-order valence-corrected chi connectivity index (χ1v) is 7.04. The van der Waals surface area contributed by atoms with Gasteiger partial charge in [-0.2, -0.15) is 5.26 Å². The molecule has 2 heterocycles. The lowest BCUT2D eigenvalue weighted by Gasteiger charge is -2.14. The van der Waals surface area contributed by atoms with E-state index in [1.165, 1.54) is 0 Å². The van der Waals surface area contributed by atoms with Crippen molar-refractivity contribution >= 4 is 34.6 Å². The lowest BCUT2D eigenvalue weighted by Crippen LogP contribution is -2.11. The highest BCUT2D eigenvalue weighted by atomic mass is 35.5. The van der Waals surface area contributed by atoms with Crippen LogP contribution in [0.15, 0.2) is 46.5 Å². The van der Waals surface area contributed by atoms with Gasteiger partial charge in [0.1, 0.15) is 16.7 Å². The Balaban J connectivity index is 2.13. The van der Waals surface area contributed by atoms with E-state index in [9.17, 15) is 5.26 Å². The average Bonchev–Trinajstić information content (AvgIpc) is 2.78. The lowest BCUT2D eigenvalue weighted by molar-refractivity contribution is 1.13. The number of fused-ring (bicyclic) bond motifs is 1. The summed E-state index contributed by atoms with van der Waals surface area (Å²) in [6.45, 7) is 0. The molecule has 0 N–H and O–H groups in total. The third-order valence-electron chi connectivity index (χ3n) is 2.95. The van der Waals surface area contributed by atoms with Gasteiger partial charge >= 0.3 is 0 Å². The SMILES string of the molecule is CN1/C(=C(\C#N)c2ccnc(Cl)n2)Sc2ccccc21. The molecule has 20 heavy (non-hydrogen) atoms. The molecule has 3 rings (SSSR count). The van der Waals surface area contributed by atoms with Crippen molar-refractivity contribution in [3.63, 3.8) is 0 Å². The van der Waals surface area contributed by atoms with Crippen molar-refractivity contribution in [3.05, 3.63) is 52.5 Å². The number of aromatic nitrogens is 2. The molecule has 98 valence electrons. The van der Waals surface area contributed by atoms with Gasteiger partial charge in [-0.3, -0.25) is 0 Å². The summed E-state index contributed by atoms with van der Waals surface area (Å²) in [6.07, 6.45) is 1.55. The second-order valence-corrected chi connectivity index (χ2v) is 5.50. The third kappa shape index (κ3) is 2.13. The van der Waals surface area contributed by atoms with E-state index in [0.717, 1.165) is 15.6 Å². The van der Waals surface area contributed by atoms with Crippen LogP contribution in [0.5, 0.6) is 0 Å². The number of thioether (sulfide) groups is 1. The maximum absolute atomic E-state index is 9.48. The molecule has 0 unspecified atom stereocenters. The van der Waals surface area contributed by atoms with Crippen molar-refractivity contribution in [2.75, 3.05) is 11.9 Å². The Hall–Kier alpha value is -2.03. The average molecular weight is 301 g/mol. The number of nitrogens with zero attached hydrogens (tertiary/aromatic N) is 4. The first-order valence-electron chi connectivity index (χ1n) is 5.84. The lowest BCUT2D eigenvalue weighted by atomic mass is 10.2. The fraction of sp³-hybridized carbons (Fsp3) is 0.0714. The Labute approximate surface area is 125 Å². The van der Waals surface area contributed by atoms with Crippen LogP contribution >= 0.6 is 23.4 Å². The standard InChI is InChI=1S/C14H9ClN4S/c1-19-11-4-2-3-5-12(11)20-13(19)9(8-16)10-6-7-17-14(15)18-10/h2-7H,1H3/b13-9-. The molecule has 1 aromatic heterocycles. The molecule has 1 aliphatic heterocycles. The molecule has 0 saturated carbocycles. The van der Waals surface area contributed by atoms with E-state index in [-0.39, 0.29) is 5.28 Å². The first kappa shape index (κ1) is 13.0. The van der Waals surface area contributed by atoms with E-state index in [2.05, 4.69) is 16.0 Å². The minimum atomic E-state index is 0.138. The van der Waals surface area contributed by atoms with Crippen LogP contribution in [-0.2, 0) is 0 Å². The zero-order valence-corrected chi connectivity index (χ0v) is 12.1. The van der Waals surface area contributed by atoms with E-state index in [0.29, 0.717) is 11.3 Å². The van der Waals surface area contributed by atoms with Gasteiger partial charge in [-0.1, -0.05) is 23.9 Å². The topological polar surface area (TPSA) is 52.8 Å². The molecule has 2 aromatic rings. The Morgan fingerprint density at radius 2 is 2.15 bits per heavy atom. The van der Waals surface area contributed by atoms with E-state index < -0.39 is 0 Å². The summed E-state index contributed by atoms with van der Waals surface area (Å²) in [5.41, 5.74) is 2.12. The number of hydrogen-bond donors (Lipinski definition) is 0. The summed E-state index contributed by atoms with van der Waals surface area (Å²) in [4.78, 5) is 11.1. The minimum Gasteiger partial charge on any atom is -0.337 e. The van der Waals surface area contributed by atoms with Gasteiger partial charge in [-0.05, 0) is 29.8 Å². The van der Waals surface area contributed by atoms with Crippen LogP contribution in [0.1, 0.15) is 5.69 Å². The summed E-state index contributed by atoms with van der Waals surface area (Å²) in [6, 6.07) is 11.9. The van der Waals surface area contributed by atoms with Gasteiger partial charge in [0.2, 0.25) is 5.28 Å². The predicted molar refractivity (Wildman–Crippen MR) is 80.3 cm³/mol. The highest BCUT2D eigenvalue weighted by molar-refractivity contribution is 8.04. The Morgan fingerprint density at radius 3 is 2.85 bits per heavy atom. The number of halogens is 1. The summed E-state index contributed by atoms with van der Waals surface area (Å²) < 4.78 is 0. The van der Waals surface area contributed by atoms with Crippen LogP contribution in [0.4, 0.5) is 5.69 Å². The first-order chi connectivity index (χ1) is 9.70. The molecule has 0 atom stereocenters. The summed E-state index contributed by atoms with van der Waals surface area (Å²) in [5.74, 6) is 0. The largest absolute Gasteiger partial charge is 0.337 e. The van der Waals surface area contributed by atoms with Crippen molar-refractivity contribution < 1.29 is 0 Å². The molecule has 0 saturated heterocycles. The van der Waals surface area contributed by atoms with Gasteiger partial charge in [-0.15, -0.1) is 0 Å². The van der Waals surface area contributed by atoms with Gasteiger partial charge < -0.3 is 4.90 Å². The Morgan fingerprint density at radius 1 is 1.35 bits per heavy atom. The van der Waals surface area contributed by atoms with Gasteiger partial charge in [0.15, 0.2) is 0 Å². The van der Waals surface area contributed by atoms with E-state index in [4.69, 9.17) is 11.6 Å². The van der Waals surface area contributed by atoms with Crippen LogP contribution in [0, 0.1) is 11.3 Å². The second kappa shape index (κ2) is 5.16. The van der Waals surface area contributed by atoms with Crippen LogP contribution < -0.4 is 4.90 Å². The number of para-hydroxylation sites is 1. The fourth-order valence-corrected chi connectivity index (χ4v) is 3.31. The van der Waals surface area contributed by atoms with Crippen LogP contribution in [-0.4, -0.2) is 17.0 Å². The second-order valence-electron chi connectivity index (χ2n) is 4.13. The zero-order valence-electron chi connectivity index (χ0n) is 10.5. The Bertz CT molecular complexity index is 751. The molecule has 0 spiro atoms. The van der Waals surface area contributed by atoms with Gasteiger partial charge in [0, 0.05) is 18.1 Å². The molecule has 0 amide bonds. The van der Waals surface area contributed by atoms with E-state index >= 15 is 0 Å². The molecule has 1 aliphatic rings. The monoisotopic (exact) mass is 300 g/mol. The maximum Gasteiger partial charge on any atom is 0.222 e. The quantitative estimate of drug-likeness (QED) is 0.595. The highest BCUT2D eigenvalue weighted by Crippen LogP contribution is 2.47. The number of benzene rings is 1. The molecule has 0 fully saturated rings. The summed E-state index contributed by atoms with van der Waals surface area (Å²) in [7, 11) is 1.94. The molecule has 0 radical (unpaired) electrons. The van der Waals surface area contributed by atoms with Crippen LogP contribution in [0.2, 0.25) is 5.28 Å². The van der Waals surface area contributed by atoms with Crippen molar-refractivity contribution in [2.24, 2.45) is 0 Å². The number of allylic oxidation sites excluding steroid dienone is 1. The summed E-state index contributed by atoms with van der Waals surface area (Å²) in [5, 5.41) is 10.5. The molecule has 4 nitrogen and oxygen atoms in total. The number of rotatable bonds is 1. The molecule has 0 aliphatic carbocycles. The van der Waals surface area contributed by atoms with Gasteiger partial charge in [-0.25, -0.2) is 9.97 Å². The smallest absolute Gasteiger partial charge is 0.222 e. The number of nitriles is 1. The fourth-order valence-electron chi connectivity index (χ4n) is 2.01. The third-order valence-corrected chi connectivity index (χ3v) is 4.36. The highest BCUT2D eigenvalue weighted by Gasteiger charge is 2.26. The Kier molecular flexibility index (Phi) is 3.35. The minimum absolute atomic E-state index is 0.138. The van der Waals surface area contributed by atoms with Gasteiger partial charge in [0.25, 0.3) is 0 Å².